The Balaban J connectivity index is 1.24. The number of amides is 2. The fraction of sp³-hybridized carbons (Fsp3) is 0.400. The van der Waals surface area contributed by atoms with Crippen LogP contribution < -0.4 is 10.6 Å². The zero-order valence-electron chi connectivity index (χ0n) is 18.0. The number of nitrogens with one attached hydrogen (secondary N) is 2. The average molecular weight is 437 g/mol. The Bertz CT molecular complexity index is 971. The van der Waals surface area contributed by atoms with Gasteiger partial charge in [-0.3, -0.25) is 4.79 Å². The van der Waals surface area contributed by atoms with E-state index < -0.39 is 18.1 Å². The van der Waals surface area contributed by atoms with E-state index in [1.165, 1.54) is 11.1 Å². The van der Waals surface area contributed by atoms with E-state index in [-0.39, 0.29) is 43.2 Å². The van der Waals surface area contributed by atoms with Crippen LogP contribution in [0.5, 0.6) is 0 Å². The third-order valence-electron chi connectivity index (χ3n) is 6.15. The number of hydrogen-bond acceptors (Lipinski definition) is 4. The molecule has 2 amide bonds. The zero-order valence-corrected chi connectivity index (χ0v) is 18.0. The lowest BCUT2D eigenvalue weighted by Gasteiger charge is -2.17. The minimum absolute atomic E-state index is 0.00766. The summed E-state index contributed by atoms with van der Waals surface area (Å²) in [6.45, 7) is 2.33. The Morgan fingerprint density at radius 1 is 1.03 bits per heavy atom. The molecule has 1 fully saturated rings. The molecule has 1 saturated carbocycles. The van der Waals surface area contributed by atoms with Gasteiger partial charge in [0.15, 0.2) is 0 Å². The van der Waals surface area contributed by atoms with E-state index in [0.717, 1.165) is 24.0 Å². The highest BCUT2D eigenvalue weighted by atomic mass is 16.5. The fourth-order valence-corrected chi connectivity index (χ4v) is 4.34. The lowest BCUT2D eigenvalue weighted by Crippen LogP contribution is -2.43. The summed E-state index contributed by atoms with van der Waals surface area (Å²) in [6.07, 6.45) is 1.27. The molecule has 0 radical (unpaired) electrons. The highest BCUT2D eigenvalue weighted by Crippen LogP contribution is 2.44. The van der Waals surface area contributed by atoms with Crippen molar-refractivity contribution >= 4 is 18.0 Å². The van der Waals surface area contributed by atoms with Gasteiger partial charge >= 0.3 is 12.1 Å². The number of carboxylic acids is 1. The molecule has 168 valence electrons. The first kappa shape index (κ1) is 21.9. The third-order valence-corrected chi connectivity index (χ3v) is 6.15. The number of alkyl carbamates (subject to hydrolysis) is 1. The summed E-state index contributed by atoms with van der Waals surface area (Å²) in [5, 5.41) is 14.5. The van der Waals surface area contributed by atoms with Crippen molar-refractivity contribution in [2.75, 3.05) is 13.2 Å². The first-order valence-electron chi connectivity index (χ1n) is 11.0. The van der Waals surface area contributed by atoms with Crippen LogP contribution in [0.2, 0.25) is 0 Å². The van der Waals surface area contributed by atoms with E-state index in [9.17, 15) is 19.5 Å². The van der Waals surface area contributed by atoms with Crippen molar-refractivity contribution in [2.24, 2.45) is 11.8 Å². The van der Waals surface area contributed by atoms with Gasteiger partial charge in [-0.25, -0.2) is 9.59 Å². The maximum Gasteiger partial charge on any atom is 0.407 e. The van der Waals surface area contributed by atoms with Gasteiger partial charge in [-0.05, 0) is 46.9 Å². The molecule has 2 aliphatic rings. The van der Waals surface area contributed by atoms with Gasteiger partial charge in [-0.1, -0.05) is 55.5 Å². The molecule has 0 aliphatic heterocycles. The largest absolute Gasteiger partial charge is 0.480 e. The summed E-state index contributed by atoms with van der Waals surface area (Å²) < 4.78 is 5.50. The van der Waals surface area contributed by atoms with Crippen LogP contribution in [0.3, 0.4) is 0 Å². The second-order valence-corrected chi connectivity index (χ2v) is 8.74. The molecule has 0 aromatic heterocycles. The lowest BCUT2D eigenvalue weighted by molar-refractivity contribution is -0.142. The maximum absolute atomic E-state index is 12.3. The first-order chi connectivity index (χ1) is 15.4. The summed E-state index contributed by atoms with van der Waals surface area (Å²) in [5.74, 6) is -1.43. The van der Waals surface area contributed by atoms with Crippen molar-refractivity contribution in [1.82, 2.24) is 10.6 Å². The molecule has 4 rings (SSSR count). The maximum atomic E-state index is 12.3. The van der Waals surface area contributed by atoms with Gasteiger partial charge in [0.25, 0.3) is 0 Å². The monoisotopic (exact) mass is 436 g/mol. The summed E-state index contributed by atoms with van der Waals surface area (Å²) in [5.41, 5.74) is 4.63. The Morgan fingerprint density at radius 2 is 1.62 bits per heavy atom. The van der Waals surface area contributed by atoms with Crippen molar-refractivity contribution in [3.63, 3.8) is 0 Å². The van der Waals surface area contributed by atoms with E-state index in [1.807, 2.05) is 31.2 Å². The van der Waals surface area contributed by atoms with Crippen LogP contribution in [0.15, 0.2) is 48.5 Å². The molecular formula is C25H28N2O5. The highest BCUT2D eigenvalue weighted by Gasteiger charge is 2.37. The zero-order chi connectivity index (χ0) is 22.7. The van der Waals surface area contributed by atoms with Crippen molar-refractivity contribution in [3.05, 3.63) is 59.7 Å². The molecule has 32 heavy (non-hydrogen) atoms. The van der Waals surface area contributed by atoms with Crippen LogP contribution in [0.1, 0.15) is 43.2 Å². The number of fused-ring (bicyclic) bond motifs is 3. The number of ether oxygens (including phenoxy) is 1. The lowest BCUT2D eigenvalue weighted by atomic mass is 9.98. The molecule has 0 spiro atoms. The van der Waals surface area contributed by atoms with E-state index in [0.29, 0.717) is 0 Å². The van der Waals surface area contributed by atoms with Crippen molar-refractivity contribution < 1.29 is 24.2 Å². The quantitative estimate of drug-likeness (QED) is 0.558. The molecule has 0 saturated heterocycles. The number of aliphatic carboxylic acids is 1. The second-order valence-electron chi connectivity index (χ2n) is 8.74. The van der Waals surface area contributed by atoms with E-state index >= 15 is 0 Å². The Kier molecular flexibility index (Phi) is 6.44. The Morgan fingerprint density at radius 3 is 2.19 bits per heavy atom. The van der Waals surface area contributed by atoms with Gasteiger partial charge in [0.1, 0.15) is 12.6 Å². The number of benzene rings is 2. The van der Waals surface area contributed by atoms with E-state index in [2.05, 4.69) is 34.9 Å². The van der Waals surface area contributed by atoms with Gasteiger partial charge in [-0.15, -0.1) is 0 Å². The van der Waals surface area contributed by atoms with Crippen molar-refractivity contribution in [3.8, 4) is 11.1 Å². The van der Waals surface area contributed by atoms with Crippen LogP contribution in [-0.2, 0) is 14.3 Å². The molecular weight excluding hydrogens is 408 g/mol. The average Bonchev–Trinajstić information content (AvgIpc) is 3.57. The van der Waals surface area contributed by atoms with Crippen LogP contribution in [0.25, 0.3) is 11.1 Å². The van der Waals surface area contributed by atoms with Crippen LogP contribution in [0, 0.1) is 11.8 Å². The van der Waals surface area contributed by atoms with Gasteiger partial charge in [0.2, 0.25) is 5.91 Å². The minimum Gasteiger partial charge on any atom is -0.480 e. The van der Waals surface area contributed by atoms with Crippen molar-refractivity contribution in [1.29, 1.82) is 0 Å². The van der Waals surface area contributed by atoms with Gasteiger partial charge in [0.05, 0.1) is 0 Å². The van der Waals surface area contributed by atoms with Gasteiger partial charge < -0.3 is 20.5 Å². The summed E-state index contributed by atoms with van der Waals surface area (Å²) in [4.78, 5) is 35.7. The summed E-state index contributed by atoms with van der Waals surface area (Å²) >= 11 is 0. The molecule has 2 unspecified atom stereocenters. The molecule has 2 aromatic carbocycles. The standard InChI is InChI=1S/C25H28N2O5/c1-15(12-22(28)27-23(24(29)30)16-10-11-16)13-26-25(31)32-14-21-19-8-4-2-6-17(19)18-7-3-5-9-20(18)21/h2-9,15-16,21,23H,10-14H2,1H3,(H,26,31)(H,27,28)(H,29,30). The number of rotatable bonds is 9. The second kappa shape index (κ2) is 9.42. The van der Waals surface area contributed by atoms with Gasteiger partial charge in [0, 0.05) is 18.9 Å². The van der Waals surface area contributed by atoms with E-state index in [4.69, 9.17) is 4.74 Å². The normalized spacial score (nSPS) is 16.4. The molecule has 0 bridgehead atoms. The first-order valence-corrected chi connectivity index (χ1v) is 11.0. The smallest absolute Gasteiger partial charge is 0.407 e. The van der Waals surface area contributed by atoms with Crippen LogP contribution in [0.4, 0.5) is 4.79 Å². The molecule has 3 N–H and O–H groups in total. The van der Waals surface area contributed by atoms with Crippen LogP contribution in [-0.4, -0.2) is 42.3 Å². The summed E-state index contributed by atoms with van der Waals surface area (Å²) in [6, 6.07) is 15.5. The van der Waals surface area contributed by atoms with Crippen molar-refractivity contribution in [2.45, 2.75) is 38.1 Å². The van der Waals surface area contributed by atoms with E-state index in [1.54, 1.807) is 0 Å². The molecule has 2 aromatic rings. The van der Waals surface area contributed by atoms with Crippen LogP contribution >= 0.6 is 0 Å². The molecule has 2 atom stereocenters. The molecule has 0 heterocycles. The summed E-state index contributed by atoms with van der Waals surface area (Å²) in [7, 11) is 0. The molecule has 7 heteroatoms. The molecule has 7 nitrogen and oxygen atoms in total. The topological polar surface area (TPSA) is 105 Å². The molecule has 2 aliphatic carbocycles. The Hall–Kier alpha value is -3.35. The number of carbonyl (C=O) groups is 3. The predicted molar refractivity (Wildman–Crippen MR) is 119 cm³/mol. The minimum atomic E-state index is -0.995. The highest BCUT2D eigenvalue weighted by molar-refractivity contribution is 5.84. The third kappa shape index (κ3) is 4.93. The van der Waals surface area contributed by atoms with Gasteiger partial charge in [-0.2, -0.15) is 0 Å². The number of carboxylic acid groups (broad SMARTS) is 1. The fourth-order valence-electron chi connectivity index (χ4n) is 4.34. The number of hydrogen-bond donors (Lipinski definition) is 3. The Labute approximate surface area is 187 Å². The predicted octanol–water partition coefficient (Wildman–Crippen LogP) is 3.53. The number of carbonyl (C=O) groups excluding carboxylic acids is 2. The SMILES string of the molecule is CC(CNC(=O)OCC1c2ccccc2-c2ccccc21)CC(=O)NC(C(=O)O)C1CC1.